The molecule has 0 bridgehead atoms. The topological polar surface area (TPSA) is 84.2 Å². The molecule has 0 unspecified atom stereocenters. The Hall–Kier alpha value is -1.22. The molecule has 19 heavy (non-hydrogen) atoms. The van der Waals surface area contributed by atoms with Crippen LogP contribution in [0.2, 0.25) is 0 Å². The van der Waals surface area contributed by atoms with E-state index in [1.54, 1.807) is 12.1 Å². The molecule has 0 saturated carbocycles. The predicted molar refractivity (Wildman–Crippen MR) is 72.2 cm³/mol. The van der Waals surface area contributed by atoms with Crippen molar-refractivity contribution >= 4 is 21.4 Å². The van der Waals surface area contributed by atoms with Gasteiger partial charge in [-0.15, -0.1) is 11.3 Å². The molecule has 6 nitrogen and oxygen atoms in total. The number of rotatable bonds is 7. The van der Waals surface area contributed by atoms with Crippen LogP contribution in [0.4, 0.5) is 0 Å². The number of thiophene rings is 1. The largest absolute Gasteiger partial charge is 0.364 e. The van der Waals surface area contributed by atoms with Crippen molar-refractivity contribution in [3.8, 4) is 0 Å². The van der Waals surface area contributed by atoms with Crippen LogP contribution in [0, 0.1) is 0 Å². The van der Waals surface area contributed by atoms with Gasteiger partial charge in [0.15, 0.2) is 0 Å². The Morgan fingerprint density at radius 2 is 2.26 bits per heavy atom. The van der Waals surface area contributed by atoms with Gasteiger partial charge >= 0.3 is 0 Å². The Morgan fingerprint density at radius 3 is 2.95 bits per heavy atom. The number of hydrogen-bond acceptors (Lipinski definition) is 6. The van der Waals surface area contributed by atoms with E-state index in [0.717, 1.165) is 12.1 Å². The maximum Gasteiger partial charge on any atom is 0.250 e. The van der Waals surface area contributed by atoms with Gasteiger partial charge in [-0.05, 0) is 23.6 Å². The average molecular weight is 301 g/mol. The minimum absolute atomic E-state index is 0.124. The summed E-state index contributed by atoms with van der Waals surface area (Å²) in [7, 11) is -3.48. The third-order valence-electron chi connectivity index (χ3n) is 2.41. The van der Waals surface area contributed by atoms with E-state index in [9.17, 15) is 8.42 Å². The Kier molecular flexibility index (Phi) is 4.70. The SMILES string of the molecule is CCNCc1csc(S(=O)(=O)NCc2ccon2)c1. The first kappa shape index (κ1) is 14.2. The lowest BCUT2D eigenvalue weighted by molar-refractivity contribution is 0.411. The number of nitrogens with zero attached hydrogens (tertiary/aromatic N) is 1. The van der Waals surface area contributed by atoms with Gasteiger partial charge in [0.2, 0.25) is 10.0 Å². The van der Waals surface area contributed by atoms with E-state index < -0.39 is 10.0 Å². The first-order valence-corrected chi connectivity index (χ1v) is 8.15. The van der Waals surface area contributed by atoms with Gasteiger partial charge in [0, 0.05) is 12.6 Å². The highest BCUT2D eigenvalue weighted by Crippen LogP contribution is 2.20. The summed E-state index contributed by atoms with van der Waals surface area (Å²) >= 11 is 1.21. The van der Waals surface area contributed by atoms with Gasteiger partial charge < -0.3 is 9.84 Å². The second-order valence-electron chi connectivity index (χ2n) is 3.87. The zero-order chi connectivity index (χ0) is 13.7. The molecule has 0 atom stereocenters. The van der Waals surface area contributed by atoms with Crippen molar-refractivity contribution in [2.45, 2.75) is 24.2 Å². The molecule has 0 aliphatic rings. The van der Waals surface area contributed by atoms with Crippen LogP contribution >= 0.6 is 11.3 Å². The van der Waals surface area contributed by atoms with Crippen molar-refractivity contribution in [3.63, 3.8) is 0 Å². The second-order valence-corrected chi connectivity index (χ2v) is 6.77. The molecule has 0 aliphatic carbocycles. The zero-order valence-corrected chi connectivity index (χ0v) is 12.1. The number of nitrogens with one attached hydrogen (secondary N) is 2. The first-order chi connectivity index (χ1) is 9.12. The average Bonchev–Trinajstić information content (AvgIpc) is 3.05. The summed E-state index contributed by atoms with van der Waals surface area (Å²) in [5.74, 6) is 0. The first-order valence-electron chi connectivity index (χ1n) is 5.79. The monoisotopic (exact) mass is 301 g/mol. The van der Waals surface area contributed by atoms with Crippen LogP contribution in [0.15, 0.2) is 32.5 Å². The lowest BCUT2D eigenvalue weighted by atomic mass is 10.3. The van der Waals surface area contributed by atoms with Gasteiger partial charge in [0.05, 0.1) is 12.2 Å². The van der Waals surface area contributed by atoms with E-state index in [2.05, 4.69) is 19.7 Å². The zero-order valence-electron chi connectivity index (χ0n) is 10.4. The fraction of sp³-hybridized carbons (Fsp3) is 0.364. The third-order valence-corrected chi connectivity index (χ3v) is 5.30. The van der Waals surface area contributed by atoms with Gasteiger partial charge in [0.1, 0.15) is 10.5 Å². The molecule has 0 fully saturated rings. The summed E-state index contributed by atoms with van der Waals surface area (Å²) in [5, 5.41) is 8.64. The van der Waals surface area contributed by atoms with Crippen molar-refractivity contribution in [1.29, 1.82) is 0 Å². The van der Waals surface area contributed by atoms with Crippen LogP contribution in [0.1, 0.15) is 18.2 Å². The molecule has 2 aromatic heterocycles. The van der Waals surface area contributed by atoms with E-state index in [4.69, 9.17) is 0 Å². The summed E-state index contributed by atoms with van der Waals surface area (Å²) in [4.78, 5) is 0. The second kappa shape index (κ2) is 6.29. The number of aromatic nitrogens is 1. The maximum atomic E-state index is 12.0. The van der Waals surface area contributed by atoms with Crippen molar-refractivity contribution in [2.24, 2.45) is 0 Å². The summed E-state index contributed by atoms with van der Waals surface area (Å²) in [6, 6.07) is 3.30. The highest BCUT2D eigenvalue weighted by molar-refractivity contribution is 7.91. The quantitative estimate of drug-likeness (QED) is 0.806. The molecule has 2 aromatic rings. The van der Waals surface area contributed by atoms with Gasteiger partial charge in [-0.1, -0.05) is 12.1 Å². The Morgan fingerprint density at radius 1 is 1.42 bits per heavy atom. The van der Waals surface area contributed by atoms with E-state index in [-0.39, 0.29) is 6.54 Å². The highest BCUT2D eigenvalue weighted by atomic mass is 32.2. The highest BCUT2D eigenvalue weighted by Gasteiger charge is 2.16. The molecule has 0 aliphatic heterocycles. The Bertz CT molecular complexity index is 605. The van der Waals surface area contributed by atoms with Crippen LogP contribution in [-0.2, 0) is 23.1 Å². The summed E-state index contributed by atoms with van der Waals surface area (Å²) in [5.41, 5.74) is 1.52. The Labute approximate surface area is 115 Å². The molecule has 0 saturated heterocycles. The van der Waals surface area contributed by atoms with E-state index in [1.807, 2.05) is 12.3 Å². The molecule has 0 amide bonds. The maximum absolute atomic E-state index is 12.0. The van der Waals surface area contributed by atoms with Gasteiger partial charge in [-0.25, -0.2) is 13.1 Å². The molecule has 8 heteroatoms. The van der Waals surface area contributed by atoms with Crippen LogP contribution in [-0.4, -0.2) is 20.1 Å². The third kappa shape index (κ3) is 3.87. The van der Waals surface area contributed by atoms with Gasteiger partial charge in [-0.2, -0.15) is 0 Å². The van der Waals surface area contributed by atoms with Crippen molar-refractivity contribution in [1.82, 2.24) is 15.2 Å². The molecule has 0 radical (unpaired) electrons. The van der Waals surface area contributed by atoms with Crippen molar-refractivity contribution < 1.29 is 12.9 Å². The summed E-state index contributed by atoms with van der Waals surface area (Å²) in [6.07, 6.45) is 1.41. The minimum Gasteiger partial charge on any atom is -0.364 e. The Balaban J connectivity index is 2.00. The van der Waals surface area contributed by atoms with Crippen LogP contribution in [0.3, 0.4) is 0 Å². The fourth-order valence-corrected chi connectivity index (χ4v) is 3.68. The predicted octanol–water partition coefficient (Wildman–Crippen LogP) is 1.32. The van der Waals surface area contributed by atoms with Crippen LogP contribution in [0.5, 0.6) is 0 Å². The molecular weight excluding hydrogens is 286 g/mol. The van der Waals surface area contributed by atoms with Crippen molar-refractivity contribution in [2.75, 3.05) is 6.54 Å². The molecule has 0 aromatic carbocycles. The smallest absolute Gasteiger partial charge is 0.250 e. The van der Waals surface area contributed by atoms with E-state index in [0.29, 0.717) is 16.4 Å². The lowest BCUT2D eigenvalue weighted by Gasteiger charge is -2.01. The standard InChI is InChI=1S/C11H15N3O3S2/c1-2-12-6-9-5-11(18-8-9)19(15,16)13-7-10-3-4-17-14-10/h3-5,8,12-13H,2,6-7H2,1H3. The van der Waals surface area contributed by atoms with E-state index in [1.165, 1.54) is 17.6 Å². The molecule has 104 valence electrons. The fourth-order valence-electron chi connectivity index (χ4n) is 1.42. The number of sulfonamides is 1. The molecule has 2 rings (SSSR count). The lowest BCUT2D eigenvalue weighted by Crippen LogP contribution is -2.22. The van der Waals surface area contributed by atoms with Crippen LogP contribution in [0.25, 0.3) is 0 Å². The summed E-state index contributed by atoms with van der Waals surface area (Å²) < 4.78 is 31.5. The molecule has 0 spiro atoms. The van der Waals surface area contributed by atoms with Crippen molar-refractivity contribution in [3.05, 3.63) is 35.0 Å². The molecular formula is C11H15N3O3S2. The van der Waals surface area contributed by atoms with Gasteiger partial charge in [-0.3, -0.25) is 0 Å². The summed E-state index contributed by atoms with van der Waals surface area (Å²) in [6.45, 7) is 3.65. The molecule has 2 heterocycles. The van der Waals surface area contributed by atoms with E-state index >= 15 is 0 Å². The molecule has 2 N–H and O–H groups in total. The van der Waals surface area contributed by atoms with Crippen LogP contribution < -0.4 is 10.0 Å². The normalized spacial score (nSPS) is 11.8. The number of hydrogen-bond donors (Lipinski definition) is 2. The minimum atomic E-state index is -3.48. The van der Waals surface area contributed by atoms with Gasteiger partial charge in [0.25, 0.3) is 0 Å².